The maximum absolute atomic E-state index is 12.5. The molecule has 1 aromatic carbocycles. The summed E-state index contributed by atoms with van der Waals surface area (Å²) < 4.78 is 70.1. The van der Waals surface area contributed by atoms with Gasteiger partial charge in [-0.1, -0.05) is 18.2 Å². The van der Waals surface area contributed by atoms with Crippen LogP contribution in [0, 0.1) is 0 Å². The van der Waals surface area contributed by atoms with Crippen LogP contribution in [0.4, 0.5) is 26.3 Å². The molecule has 2 aliphatic heterocycles. The van der Waals surface area contributed by atoms with Crippen molar-refractivity contribution in [3.8, 4) is 5.75 Å². The van der Waals surface area contributed by atoms with Crippen LogP contribution in [-0.2, 0) is 20.9 Å². The molecule has 1 aromatic heterocycles. The number of piperidine rings is 1. The number of para-hydroxylation sites is 1. The number of aliphatic carboxylic acids is 2. The summed E-state index contributed by atoms with van der Waals surface area (Å²) >= 11 is 0. The first kappa shape index (κ1) is 33.6. The number of carbonyl (C=O) groups excluding carboxylic acids is 1. The van der Waals surface area contributed by atoms with Gasteiger partial charge in [0.2, 0.25) is 5.91 Å². The molecule has 2 aromatic rings. The molecule has 1 saturated carbocycles. The predicted octanol–water partition coefficient (Wildman–Crippen LogP) is 4.92. The van der Waals surface area contributed by atoms with Crippen LogP contribution in [0.2, 0.25) is 0 Å². The van der Waals surface area contributed by atoms with E-state index < -0.39 is 24.3 Å². The third-order valence-electron chi connectivity index (χ3n) is 7.09. The number of nitrogens with zero attached hydrogens (tertiary/aromatic N) is 2. The van der Waals surface area contributed by atoms with Crippen LogP contribution >= 0.6 is 0 Å². The molecule has 1 unspecified atom stereocenters. The van der Waals surface area contributed by atoms with E-state index in [1.165, 1.54) is 11.1 Å². The number of likely N-dealkylation sites (tertiary alicyclic amines) is 1. The molecule has 1 spiro atoms. The van der Waals surface area contributed by atoms with Crippen LogP contribution in [0.5, 0.6) is 5.75 Å². The quantitative estimate of drug-likeness (QED) is 0.403. The van der Waals surface area contributed by atoms with Gasteiger partial charge in [-0.15, -0.1) is 0 Å². The molecule has 3 heterocycles. The summed E-state index contributed by atoms with van der Waals surface area (Å²) in [5, 5.41) is 17.4. The Morgan fingerprint density at radius 2 is 1.47 bits per heavy atom. The Kier molecular flexibility index (Phi) is 11.0. The Hall–Kier alpha value is -3.88. The number of hydrogen-bond donors (Lipinski definition) is 3. The molecule has 15 heteroatoms. The number of carbonyl (C=O) groups is 3. The monoisotopic (exact) mass is 619 g/mol. The summed E-state index contributed by atoms with van der Waals surface area (Å²) in [6.45, 7) is 3.00. The van der Waals surface area contributed by atoms with E-state index in [-0.39, 0.29) is 17.4 Å². The second kappa shape index (κ2) is 14.1. The topological polar surface area (TPSA) is 129 Å². The van der Waals surface area contributed by atoms with Gasteiger partial charge in [0.25, 0.3) is 0 Å². The number of halogens is 6. The van der Waals surface area contributed by atoms with Gasteiger partial charge in [-0.05, 0) is 61.4 Å². The van der Waals surface area contributed by atoms with Gasteiger partial charge in [0, 0.05) is 50.4 Å². The van der Waals surface area contributed by atoms with Gasteiger partial charge in [0.15, 0.2) is 0 Å². The third kappa shape index (κ3) is 10.7. The maximum Gasteiger partial charge on any atom is 0.490 e. The van der Waals surface area contributed by atoms with Gasteiger partial charge in [0.1, 0.15) is 11.4 Å². The Morgan fingerprint density at radius 3 is 1.98 bits per heavy atom. The maximum atomic E-state index is 12.5. The van der Waals surface area contributed by atoms with E-state index in [4.69, 9.17) is 24.5 Å². The largest absolute Gasteiger partial charge is 0.490 e. The van der Waals surface area contributed by atoms with Crippen LogP contribution in [-0.4, -0.2) is 75.0 Å². The minimum absolute atomic E-state index is 0.145. The SMILES string of the molecule is O=C(CC1CC2(CCN(Cc3ccncc3)CC2)Oc2ccccc21)NC1CC1.O=C(O)C(F)(F)F.O=C(O)C(F)(F)F. The number of pyridine rings is 1. The normalized spacial score (nSPS) is 19.3. The molecule has 5 rings (SSSR count). The molecule has 236 valence electrons. The molecule has 0 radical (unpaired) electrons. The summed E-state index contributed by atoms with van der Waals surface area (Å²) in [4.78, 5) is 36.9. The molecule has 1 atom stereocenters. The number of hydrogen-bond acceptors (Lipinski definition) is 6. The van der Waals surface area contributed by atoms with Crippen molar-refractivity contribution < 1.29 is 55.7 Å². The number of rotatable bonds is 5. The van der Waals surface area contributed by atoms with Crippen molar-refractivity contribution in [1.29, 1.82) is 0 Å². The van der Waals surface area contributed by atoms with Crippen molar-refractivity contribution >= 4 is 17.8 Å². The molecule has 2 fully saturated rings. The molecule has 0 bridgehead atoms. The van der Waals surface area contributed by atoms with Crippen molar-refractivity contribution in [2.75, 3.05) is 13.1 Å². The number of alkyl halides is 6. The molecule has 1 saturated heterocycles. The number of ether oxygens (including phenoxy) is 1. The lowest BCUT2D eigenvalue weighted by Gasteiger charge is -2.47. The molecule has 3 aliphatic rings. The molecule has 43 heavy (non-hydrogen) atoms. The smallest absolute Gasteiger partial charge is 0.487 e. The highest BCUT2D eigenvalue weighted by Gasteiger charge is 2.44. The Balaban J connectivity index is 0.000000303. The van der Waals surface area contributed by atoms with Crippen molar-refractivity contribution in [1.82, 2.24) is 15.2 Å². The van der Waals surface area contributed by atoms with Gasteiger partial charge in [-0.3, -0.25) is 14.7 Å². The van der Waals surface area contributed by atoms with Crippen LogP contribution in [0.25, 0.3) is 0 Å². The third-order valence-corrected chi connectivity index (χ3v) is 7.09. The molecular weight excluding hydrogens is 588 g/mol. The summed E-state index contributed by atoms with van der Waals surface area (Å²) in [6, 6.07) is 12.9. The van der Waals surface area contributed by atoms with Crippen LogP contribution in [0.3, 0.4) is 0 Å². The lowest BCUT2D eigenvalue weighted by atomic mass is 9.76. The van der Waals surface area contributed by atoms with Crippen molar-refractivity contribution in [2.45, 2.75) is 75.0 Å². The Bertz CT molecular complexity index is 1220. The highest BCUT2D eigenvalue weighted by Crippen LogP contribution is 2.46. The highest BCUT2D eigenvalue weighted by atomic mass is 19.4. The van der Waals surface area contributed by atoms with E-state index >= 15 is 0 Å². The lowest BCUT2D eigenvalue weighted by molar-refractivity contribution is -0.193. The fourth-order valence-corrected chi connectivity index (χ4v) is 4.84. The van der Waals surface area contributed by atoms with Gasteiger partial charge < -0.3 is 20.3 Å². The van der Waals surface area contributed by atoms with Crippen LogP contribution in [0.15, 0.2) is 48.8 Å². The van der Waals surface area contributed by atoms with Crippen LogP contribution in [0.1, 0.15) is 55.6 Å². The molecule has 3 N–H and O–H groups in total. The standard InChI is InChI=1S/C24H29N3O2.2C2HF3O2/c28-23(26-20-5-6-20)15-19-16-24(29-22-4-2-1-3-21(19)22)9-13-27(14-10-24)17-18-7-11-25-12-8-18;2*3-2(4,5)1(6)7/h1-4,7-8,11-12,19-20H,5-6,9-10,13-17H2,(H,26,28);2*(H,6,7). The number of benzene rings is 1. The number of fused-ring (bicyclic) bond motifs is 1. The number of carboxylic acids is 2. The molecule has 1 amide bonds. The number of nitrogens with one attached hydrogen (secondary N) is 1. The van der Waals surface area contributed by atoms with Gasteiger partial charge >= 0.3 is 24.3 Å². The van der Waals surface area contributed by atoms with E-state index in [1.54, 1.807) is 0 Å². The van der Waals surface area contributed by atoms with Crippen molar-refractivity contribution in [2.24, 2.45) is 0 Å². The fraction of sp³-hybridized carbons (Fsp3) is 0.500. The van der Waals surface area contributed by atoms with Crippen molar-refractivity contribution in [3.63, 3.8) is 0 Å². The van der Waals surface area contributed by atoms with Gasteiger partial charge in [-0.25, -0.2) is 9.59 Å². The van der Waals surface area contributed by atoms with E-state index in [9.17, 15) is 31.1 Å². The Morgan fingerprint density at radius 1 is 0.930 bits per heavy atom. The minimum Gasteiger partial charge on any atom is -0.487 e. The summed E-state index contributed by atoms with van der Waals surface area (Å²) in [7, 11) is 0. The summed E-state index contributed by atoms with van der Waals surface area (Å²) in [6.07, 6.45) is -0.663. The summed E-state index contributed by atoms with van der Waals surface area (Å²) in [5.74, 6) is -4.10. The second-order valence-electron chi connectivity index (χ2n) is 10.5. The first-order valence-corrected chi connectivity index (χ1v) is 13.4. The molecule has 9 nitrogen and oxygen atoms in total. The lowest BCUT2D eigenvalue weighted by Crippen LogP contribution is -2.50. The number of amides is 1. The minimum atomic E-state index is -5.08. The fourth-order valence-electron chi connectivity index (χ4n) is 4.84. The first-order chi connectivity index (χ1) is 20.1. The van der Waals surface area contributed by atoms with Crippen molar-refractivity contribution in [3.05, 3.63) is 59.9 Å². The second-order valence-corrected chi connectivity index (χ2v) is 10.5. The van der Waals surface area contributed by atoms with E-state index in [2.05, 4.69) is 45.5 Å². The van der Waals surface area contributed by atoms with E-state index in [0.29, 0.717) is 12.5 Å². The number of carboxylic acid groups (broad SMARTS) is 2. The summed E-state index contributed by atoms with van der Waals surface area (Å²) in [5.41, 5.74) is 2.36. The zero-order chi connectivity index (χ0) is 31.8. The number of aromatic nitrogens is 1. The highest BCUT2D eigenvalue weighted by molar-refractivity contribution is 5.78. The zero-order valence-electron chi connectivity index (χ0n) is 22.8. The van der Waals surface area contributed by atoms with Gasteiger partial charge in [0.05, 0.1) is 0 Å². The Labute approximate surface area is 242 Å². The molecule has 1 aliphatic carbocycles. The van der Waals surface area contributed by atoms with Crippen LogP contribution < -0.4 is 10.1 Å². The first-order valence-electron chi connectivity index (χ1n) is 13.4. The average Bonchev–Trinajstić information content (AvgIpc) is 3.74. The van der Waals surface area contributed by atoms with E-state index in [1.807, 2.05) is 18.5 Å². The van der Waals surface area contributed by atoms with Gasteiger partial charge in [-0.2, -0.15) is 26.3 Å². The van der Waals surface area contributed by atoms with E-state index in [0.717, 1.165) is 57.5 Å². The average molecular weight is 620 g/mol. The molecular formula is C28H31F6N3O6. The zero-order valence-corrected chi connectivity index (χ0v) is 22.8. The predicted molar refractivity (Wildman–Crippen MR) is 139 cm³/mol.